The molecule has 2 rings (SSSR count). The smallest absolute Gasteiger partial charge is 0.190 e. The van der Waals surface area contributed by atoms with Crippen molar-refractivity contribution in [2.75, 3.05) is 0 Å². The molecule has 6 heteroatoms. The molecule has 0 aliphatic carbocycles. The standard InChI is InChI=1S/C12H10FN3O2/c1-16-6-10(15-7-16)12(18)4-11(17)9-3-2-8(13)5-14-9/h2-3,5-7H,4H2,1H3. The maximum Gasteiger partial charge on any atom is 0.190 e. The van der Waals surface area contributed by atoms with Crippen LogP contribution in [-0.2, 0) is 7.05 Å². The van der Waals surface area contributed by atoms with Crippen LogP contribution in [-0.4, -0.2) is 26.1 Å². The van der Waals surface area contributed by atoms with Crippen molar-refractivity contribution in [1.29, 1.82) is 0 Å². The van der Waals surface area contributed by atoms with Gasteiger partial charge in [0.25, 0.3) is 0 Å². The minimum atomic E-state index is -0.525. The number of aryl methyl sites for hydroxylation is 1. The van der Waals surface area contributed by atoms with Crippen LogP contribution in [0.15, 0.2) is 30.9 Å². The van der Waals surface area contributed by atoms with Gasteiger partial charge in [-0.1, -0.05) is 0 Å². The monoisotopic (exact) mass is 247 g/mol. The number of imidazole rings is 1. The normalized spacial score (nSPS) is 10.3. The van der Waals surface area contributed by atoms with E-state index in [0.29, 0.717) is 0 Å². The summed E-state index contributed by atoms with van der Waals surface area (Å²) in [5.41, 5.74) is 0.300. The molecule has 0 saturated carbocycles. The molecule has 0 bridgehead atoms. The highest BCUT2D eigenvalue weighted by Crippen LogP contribution is 2.06. The fourth-order valence-corrected chi connectivity index (χ4v) is 1.42. The maximum atomic E-state index is 12.6. The topological polar surface area (TPSA) is 64.8 Å². The van der Waals surface area contributed by atoms with Gasteiger partial charge in [-0.2, -0.15) is 0 Å². The lowest BCUT2D eigenvalue weighted by molar-refractivity contribution is 0.0889. The molecule has 0 aliphatic heterocycles. The molecule has 2 aromatic heterocycles. The number of hydrogen-bond donors (Lipinski definition) is 0. The zero-order valence-electron chi connectivity index (χ0n) is 9.63. The molecule has 5 nitrogen and oxygen atoms in total. The second-order valence-corrected chi connectivity index (χ2v) is 3.81. The van der Waals surface area contributed by atoms with Gasteiger partial charge in [-0.25, -0.2) is 9.37 Å². The third kappa shape index (κ3) is 2.65. The van der Waals surface area contributed by atoms with Crippen molar-refractivity contribution in [1.82, 2.24) is 14.5 Å². The third-order valence-corrected chi connectivity index (χ3v) is 2.32. The van der Waals surface area contributed by atoms with Gasteiger partial charge < -0.3 is 4.57 Å². The number of hydrogen-bond acceptors (Lipinski definition) is 4. The van der Waals surface area contributed by atoms with E-state index in [4.69, 9.17) is 0 Å². The van der Waals surface area contributed by atoms with Crippen LogP contribution >= 0.6 is 0 Å². The molecule has 18 heavy (non-hydrogen) atoms. The van der Waals surface area contributed by atoms with Crippen LogP contribution < -0.4 is 0 Å². The lowest BCUT2D eigenvalue weighted by atomic mass is 10.1. The number of ketones is 2. The first-order valence-corrected chi connectivity index (χ1v) is 5.22. The molecule has 2 aromatic rings. The molecular weight excluding hydrogens is 237 g/mol. The van der Waals surface area contributed by atoms with E-state index in [1.807, 2.05) is 0 Å². The summed E-state index contributed by atoms with van der Waals surface area (Å²) in [4.78, 5) is 30.9. The van der Waals surface area contributed by atoms with E-state index >= 15 is 0 Å². The van der Waals surface area contributed by atoms with Crippen molar-refractivity contribution in [3.05, 3.63) is 48.1 Å². The van der Waals surface area contributed by atoms with Gasteiger partial charge in [0.15, 0.2) is 11.6 Å². The van der Waals surface area contributed by atoms with Gasteiger partial charge >= 0.3 is 0 Å². The first kappa shape index (κ1) is 12.1. The summed E-state index contributed by atoms with van der Waals surface area (Å²) >= 11 is 0. The molecule has 0 radical (unpaired) electrons. The average Bonchev–Trinajstić information content (AvgIpc) is 2.76. The molecule has 2 heterocycles. The summed E-state index contributed by atoms with van der Waals surface area (Å²) < 4.78 is 14.2. The highest BCUT2D eigenvalue weighted by molar-refractivity contribution is 6.12. The quantitative estimate of drug-likeness (QED) is 0.605. The maximum absolute atomic E-state index is 12.6. The Hall–Kier alpha value is -2.37. The Bertz CT molecular complexity index is 590. The van der Waals surface area contributed by atoms with Crippen molar-refractivity contribution >= 4 is 11.6 Å². The van der Waals surface area contributed by atoms with Crippen molar-refractivity contribution in [2.24, 2.45) is 7.05 Å². The number of rotatable bonds is 4. The van der Waals surface area contributed by atoms with Crippen LogP contribution in [0.5, 0.6) is 0 Å². The van der Waals surface area contributed by atoms with Gasteiger partial charge in [0, 0.05) is 13.2 Å². The van der Waals surface area contributed by atoms with E-state index in [9.17, 15) is 14.0 Å². The van der Waals surface area contributed by atoms with Crippen molar-refractivity contribution in [3.8, 4) is 0 Å². The Balaban J connectivity index is 2.08. The summed E-state index contributed by atoms with van der Waals surface area (Å²) in [6, 6.07) is 2.38. The van der Waals surface area contributed by atoms with Crippen molar-refractivity contribution in [3.63, 3.8) is 0 Å². The van der Waals surface area contributed by atoms with Gasteiger partial charge in [0.05, 0.1) is 18.9 Å². The van der Waals surface area contributed by atoms with E-state index in [1.165, 1.54) is 18.6 Å². The first-order valence-electron chi connectivity index (χ1n) is 5.22. The summed E-state index contributed by atoms with van der Waals surface area (Å²) in [7, 11) is 1.73. The zero-order chi connectivity index (χ0) is 13.1. The van der Waals surface area contributed by atoms with E-state index in [-0.39, 0.29) is 23.6 Å². The molecule has 0 atom stereocenters. The molecule has 0 saturated heterocycles. The molecule has 0 N–H and O–H groups in total. The number of aromatic nitrogens is 3. The Morgan fingerprint density at radius 1 is 1.22 bits per heavy atom. The lowest BCUT2D eigenvalue weighted by Gasteiger charge is -1.98. The van der Waals surface area contributed by atoms with Gasteiger partial charge in [-0.15, -0.1) is 0 Å². The molecular formula is C12H10FN3O2. The van der Waals surface area contributed by atoms with Crippen molar-refractivity contribution < 1.29 is 14.0 Å². The fourth-order valence-electron chi connectivity index (χ4n) is 1.42. The highest BCUT2D eigenvalue weighted by Gasteiger charge is 2.16. The minimum Gasteiger partial charge on any atom is -0.340 e. The predicted molar refractivity (Wildman–Crippen MR) is 60.7 cm³/mol. The SMILES string of the molecule is Cn1cnc(C(=O)CC(=O)c2ccc(F)cn2)c1. The van der Waals surface area contributed by atoms with Gasteiger partial charge in [-0.05, 0) is 12.1 Å². The fraction of sp³-hybridized carbons (Fsp3) is 0.167. The van der Waals surface area contributed by atoms with Crippen LogP contribution in [0.4, 0.5) is 4.39 Å². The number of halogens is 1. The second kappa shape index (κ2) is 4.87. The Morgan fingerprint density at radius 2 is 1.94 bits per heavy atom. The summed E-state index contributed by atoms with van der Waals surface area (Å²) in [6.07, 6.45) is 3.63. The van der Waals surface area contributed by atoms with Crippen LogP contribution in [0, 0.1) is 5.82 Å². The highest BCUT2D eigenvalue weighted by atomic mass is 19.1. The van der Waals surface area contributed by atoms with Crippen LogP contribution in [0.2, 0.25) is 0 Å². The number of carbonyl (C=O) groups is 2. The Kier molecular flexibility index (Phi) is 3.27. The van der Waals surface area contributed by atoms with Crippen LogP contribution in [0.25, 0.3) is 0 Å². The number of carbonyl (C=O) groups excluding carboxylic acids is 2. The summed E-state index contributed by atoms with van der Waals surface area (Å²) in [5.74, 6) is -1.36. The van der Waals surface area contributed by atoms with E-state index in [1.54, 1.807) is 11.6 Å². The third-order valence-electron chi connectivity index (χ3n) is 2.32. The lowest BCUT2D eigenvalue weighted by Crippen LogP contribution is -2.10. The second-order valence-electron chi connectivity index (χ2n) is 3.81. The largest absolute Gasteiger partial charge is 0.340 e. The zero-order valence-corrected chi connectivity index (χ0v) is 9.63. The van der Waals surface area contributed by atoms with E-state index in [2.05, 4.69) is 9.97 Å². The van der Waals surface area contributed by atoms with Crippen molar-refractivity contribution in [2.45, 2.75) is 6.42 Å². The number of nitrogens with zero attached hydrogens (tertiary/aromatic N) is 3. The number of pyridine rings is 1. The van der Waals surface area contributed by atoms with E-state index < -0.39 is 11.6 Å². The molecule has 0 amide bonds. The van der Waals surface area contributed by atoms with Gasteiger partial charge in [-0.3, -0.25) is 14.6 Å². The van der Waals surface area contributed by atoms with Gasteiger partial charge in [0.2, 0.25) is 0 Å². The molecule has 0 fully saturated rings. The van der Waals surface area contributed by atoms with Crippen LogP contribution in [0.3, 0.4) is 0 Å². The molecule has 0 aromatic carbocycles. The summed E-state index contributed by atoms with van der Waals surface area (Å²) in [6.45, 7) is 0. The van der Waals surface area contributed by atoms with Crippen LogP contribution in [0.1, 0.15) is 27.4 Å². The first-order chi connectivity index (χ1) is 8.56. The minimum absolute atomic E-state index is 0.0701. The Morgan fingerprint density at radius 3 is 2.50 bits per heavy atom. The van der Waals surface area contributed by atoms with E-state index in [0.717, 1.165) is 12.3 Å². The molecule has 0 spiro atoms. The number of Topliss-reactive ketones (excluding diaryl/α,β-unsaturated/α-hetero) is 2. The average molecular weight is 247 g/mol. The summed E-state index contributed by atoms with van der Waals surface area (Å²) in [5, 5.41) is 0. The predicted octanol–water partition coefficient (Wildman–Crippen LogP) is 1.41. The Labute approximate surface area is 102 Å². The molecule has 0 aliphatic rings. The molecule has 92 valence electrons. The molecule has 0 unspecified atom stereocenters. The van der Waals surface area contributed by atoms with Gasteiger partial charge in [0.1, 0.15) is 17.2 Å².